The molecule has 4 aromatic rings. The van der Waals surface area contributed by atoms with E-state index in [1.165, 1.54) is 0 Å². The molecule has 4 aromatic carbocycles. The highest BCUT2D eigenvalue weighted by Crippen LogP contribution is 2.63. The Morgan fingerprint density at radius 1 is 0.519 bits per heavy atom. The van der Waals surface area contributed by atoms with Gasteiger partial charge in [0.05, 0.1) is 24.6 Å². The summed E-state index contributed by atoms with van der Waals surface area (Å²) in [4.78, 5) is 0. The van der Waals surface area contributed by atoms with Crippen LogP contribution in [0.2, 0.25) is 0 Å². The molecule has 0 fully saturated rings. The predicted molar refractivity (Wildman–Crippen MR) is 118 cm³/mol. The predicted octanol–water partition coefficient (Wildman–Crippen LogP) is 7.56. The van der Waals surface area contributed by atoms with E-state index in [0.717, 1.165) is 0 Å². The van der Waals surface area contributed by atoms with E-state index in [1.807, 2.05) is 0 Å². The van der Waals surface area contributed by atoms with E-state index in [9.17, 15) is 0 Å². The standard InChI is InChI=1S/C25H14Br2/c26-15-9-11-19-17-5-1-3-7-21(17)25(23(19)13-15)22-8-4-2-6-18(22)20-12-10-16(27)14-24(20)25/h1-14H/i1D,2D,3D,4D,5D,6D,7D,8D,9D,10D,11D,12D,13D,14D. The summed E-state index contributed by atoms with van der Waals surface area (Å²) in [5, 5.41) is 0. The lowest BCUT2D eigenvalue weighted by molar-refractivity contribution is 0.792. The molecule has 2 aliphatic carbocycles. The highest BCUT2D eigenvalue weighted by atomic mass is 79.9. The maximum absolute atomic E-state index is 9.14. The molecule has 0 nitrogen and oxygen atoms in total. The Labute approximate surface area is 194 Å². The molecule has 0 saturated heterocycles. The van der Waals surface area contributed by atoms with Crippen molar-refractivity contribution in [1.29, 1.82) is 0 Å². The Hall–Kier alpha value is -2.16. The van der Waals surface area contributed by atoms with Gasteiger partial charge in [-0.05, 0) is 68.7 Å². The van der Waals surface area contributed by atoms with Crippen molar-refractivity contribution < 1.29 is 19.2 Å². The molecule has 6 rings (SSSR count). The summed E-state index contributed by atoms with van der Waals surface area (Å²) in [6, 6.07) is -7.79. The summed E-state index contributed by atoms with van der Waals surface area (Å²) in [6.07, 6.45) is 0. The number of hydrogen-bond donors (Lipinski definition) is 0. The van der Waals surface area contributed by atoms with Crippen LogP contribution in [0.25, 0.3) is 22.3 Å². The molecule has 0 aromatic heterocycles. The van der Waals surface area contributed by atoms with Gasteiger partial charge in [0.2, 0.25) is 0 Å². The Kier molecular flexibility index (Phi) is 1.48. The molecule has 0 heterocycles. The van der Waals surface area contributed by atoms with Gasteiger partial charge in [-0.25, -0.2) is 0 Å². The number of fused-ring (bicyclic) bond motifs is 10. The van der Waals surface area contributed by atoms with E-state index in [4.69, 9.17) is 19.2 Å². The average Bonchev–Trinajstić information content (AvgIpc) is 3.43. The SMILES string of the molecule is [2H]c1c([2H])c([2H])c2c(c1[2H])-c1c([2H])c([2H])c(Br)c([2H])c1C21c2c([2H])c([2H])c([2H])c([2H])c2-c2c([2H])c([2H])c(Br)c([2H])c21. The van der Waals surface area contributed by atoms with Gasteiger partial charge in [0.1, 0.15) is 0 Å². The van der Waals surface area contributed by atoms with Crippen LogP contribution in [0.5, 0.6) is 0 Å². The normalized spacial score (nSPS) is 21.9. The van der Waals surface area contributed by atoms with Gasteiger partial charge in [-0.2, -0.15) is 0 Å². The molecule has 0 bridgehead atoms. The molecule has 0 unspecified atom stereocenters. The van der Waals surface area contributed by atoms with Crippen LogP contribution in [0, 0.1) is 0 Å². The molecule has 128 valence electrons. The smallest absolute Gasteiger partial charge is 0.0619 e. The molecule has 2 heteroatoms. The lowest BCUT2D eigenvalue weighted by atomic mass is 9.70. The Bertz CT molecular complexity index is 1680. The fourth-order valence-electron chi connectivity index (χ4n) is 4.02. The van der Waals surface area contributed by atoms with E-state index in [1.54, 1.807) is 0 Å². The van der Waals surface area contributed by atoms with Gasteiger partial charge >= 0.3 is 0 Å². The van der Waals surface area contributed by atoms with Crippen molar-refractivity contribution in [2.45, 2.75) is 5.41 Å². The van der Waals surface area contributed by atoms with E-state index in [2.05, 4.69) is 31.9 Å². The highest BCUT2D eigenvalue weighted by Gasteiger charge is 2.51. The molecule has 0 amide bonds. The second kappa shape index (κ2) is 5.43. The second-order valence-corrected chi connectivity index (χ2v) is 7.71. The average molecular weight is 488 g/mol. The third-order valence-corrected chi connectivity index (χ3v) is 5.73. The first-order chi connectivity index (χ1) is 19.1. The first kappa shape index (κ1) is 7.35. The summed E-state index contributed by atoms with van der Waals surface area (Å²) in [7, 11) is 0. The largest absolute Gasteiger partial charge is 0.0726 e. The summed E-state index contributed by atoms with van der Waals surface area (Å²) in [6.45, 7) is 0. The topological polar surface area (TPSA) is 0 Å². The van der Waals surface area contributed by atoms with E-state index in [-0.39, 0.29) is 53.5 Å². The second-order valence-electron chi connectivity index (χ2n) is 6.13. The van der Waals surface area contributed by atoms with Crippen molar-refractivity contribution in [2.75, 3.05) is 0 Å². The number of benzene rings is 4. The van der Waals surface area contributed by atoms with Crippen molar-refractivity contribution in [3.8, 4) is 22.3 Å². The number of halogens is 2. The van der Waals surface area contributed by atoms with Crippen LogP contribution in [0.15, 0.2) is 93.5 Å². The molecule has 27 heavy (non-hydrogen) atoms. The lowest BCUT2D eigenvalue weighted by Gasteiger charge is -2.30. The third kappa shape index (κ3) is 1.88. The zero-order valence-corrected chi connectivity index (χ0v) is 16.4. The van der Waals surface area contributed by atoms with Crippen molar-refractivity contribution in [3.63, 3.8) is 0 Å². The first-order valence-electron chi connectivity index (χ1n) is 14.9. The van der Waals surface area contributed by atoms with Crippen molar-refractivity contribution in [2.24, 2.45) is 0 Å². The van der Waals surface area contributed by atoms with Crippen molar-refractivity contribution in [1.82, 2.24) is 0 Å². The van der Waals surface area contributed by atoms with Gasteiger partial charge in [0.15, 0.2) is 0 Å². The van der Waals surface area contributed by atoms with E-state index < -0.39 is 90.0 Å². The minimum absolute atomic E-state index is 0.159. The maximum Gasteiger partial charge on any atom is 0.0726 e. The van der Waals surface area contributed by atoms with Crippen molar-refractivity contribution >= 4 is 31.9 Å². The summed E-state index contributed by atoms with van der Waals surface area (Å²) in [5.74, 6) is 0. The van der Waals surface area contributed by atoms with Gasteiger partial charge < -0.3 is 0 Å². The van der Waals surface area contributed by atoms with Crippen LogP contribution in [0.1, 0.15) is 41.4 Å². The monoisotopic (exact) mass is 486 g/mol. The van der Waals surface area contributed by atoms with E-state index >= 15 is 0 Å². The fourth-order valence-corrected chi connectivity index (χ4v) is 4.61. The molecular formula is C25H14Br2. The first-order valence-corrected chi connectivity index (χ1v) is 9.46. The van der Waals surface area contributed by atoms with Crippen LogP contribution in [0.3, 0.4) is 0 Å². The molecule has 0 radical (unpaired) electrons. The van der Waals surface area contributed by atoms with Gasteiger partial charge in [0, 0.05) is 8.95 Å². The van der Waals surface area contributed by atoms with E-state index in [0.29, 0.717) is 0 Å². The van der Waals surface area contributed by atoms with Crippen LogP contribution >= 0.6 is 31.9 Å². The molecule has 2 aliphatic rings. The Morgan fingerprint density at radius 2 is 0.926 bits per heavy atom. The van der Waals surface area contributed by atoms with Crippen LogP contribution in [0.4, 0.5) is 0 Å². The summed E-state index contributed by atoms with van der Waals surface area (Å²) in [5.41, 5.74) is -3.89. The molecule has 1 spiro atoms. The number of rotatable bonds is 0. The van der Waals surface area contributed by atoms with Crippen LogP contribution in [-0.2, 0) is 5.41 Å². The zero-order chi connectivity index (χ0) is 30.4. The minimum atomic E-state index is -2.19. The van der Waals surface area contributed by atoms with Gasteiger partial charge in [-0.3, -0.25) is 0 Å². The quantitative estimate of drug-likeness (QED) is 0.207. The summed E-state index contributed by atoms with van der Waals surface area (Å²) >= 11 is 6.37. The molecule has 0 atom stereocenters. The van der Waals surface area contributed by atoms with Gasteiger partial charge in [0.25, 0.3) is 0 Å². The fraction of sp³-hybridized carbons (Fsp3) is 0.0400. The molecular weight excluding hydrogens is 460 g/mol. The molecule has 0 N–H and O–H groups in total. The molecule has 0 saturated carbocycles. The van der Waals surface area contributed by atoms with Gasteiger partial charge in [-0.1, -0.05) is 92.3 Å². The van der Waals surface area contributed by atoms with Crippen molar-refractivity contribution in [3.05, 3.63) is 116 Å². The lowest BCUT2D eigenvalue weighted by Crippen LogP contribution is -2.25. The summed E-state index contributed by atoms with van der Waals surface area (Å²) < 4.78 is 122. The van der Waals surface area contributed by atoms with Crippen LogP contribution in [-0.4, -0.2) is 0 Å². The molecule has 0 aliphatic heterocycles. The third-order valence-electron chi connectivity index (χ3n) is 4.94. The Balaban J connectivity index is 2.10. The maximum atomic E-state index is 9.14. The Morgan fingerprint density at radius 3 is 1.41 bits per heavy atom. The number of hydrogen-bond acceptors (Lipinski definition) is 0. The zero-order valence-electron chi connectivity index (χ0n) is 27.3. The highest BCUT2D eigenvalue weighted by molar-refractivity contribution is 9.10. The van der Waals surface area contributed by atoms with Gasteiger partial charge in [-0.15, -0.1) is 0 Å². The van der Waals surface area contributed by atoms with Crippen LogP contribution < -0.4 is 0 Å². The minimum Gasteiger partial charge on any atom is -0.0619 e.